The minimum atomic E-state index is -0.737. The highest BCUT2D eigenvalue weighted by Crippen LogP contribution is 2.38. The molecule has 1 aromatic heterocycles. The Kier molecular flexibility index (Phi) is 8.06. The van der Waals surface area contributed by atoms with E-state index in [9.17, 15) is 9.59 Å². The van der Waals surface area contributed by atoms with Crippen molar-refractivity contribution < 1.29 is 19.0 Å². The molecule has 0 saturated heterocycles. The Morgan fingerprint density at radius 2 is 1.74 bits per heavy atom. The summed E-state index contributed by atoms with van der Waals surface area (Å²) in [6.45, 7) is 8.72. The third kappa shape index (κ3) is 4.86. The number of likely N-dealkylation sites (N-methyl/N-ethyl adjacent to an activating group) is 1. The molecule has 3 aromatic rings. The SMILES string of the molecule is CCN(CC)C(=O)C1=C(C)N=c2s/c(=C/c3ccc(C)c(OC)c3)c(=O)n2[C@H]1c1cc(OC)ccc1OC. The van der Waals surface area contributed by atoms with Gasteiger partial charge in [-0.1, -0.05) is 23.5 Å². The molecule has 9 heteroatoms. The zero-order chi connectivity index (χ0) is 27.6. The van der Waals surface area contributed by atoms with Crippen LogP contribution >= 0.6 is 11.3 Å². The maximum absolute atomic E-state index is 14.0. The number of ether oxygens (including phenoxy) is 3. The predicted molar refractivity (Wildman–Crippen MR) is 149 cm³/mol. The van der Waals surface area contributed by atoms with Gasteiger partial charge in [-0.05, 0) is 69.2 Å². The Bertz CT molecular complexity index is 1580. The first-order chi connectivity index (χ1) is 18.3. The van der Waals surface area contributed by atoms with Crippen LogP contribution in [0.15, 0.2) is 57.5 Å². The van der Waals surface area contributed by atoms with Crippen LogP contribution in [0.3, 0.4) is 0 Å². The number of hydrogen-bond acceptors (Lipinski definition) is 7. The van der Waals surface area contributed by atoms with Gasteiger partial charge in [0.15, 0.2) is 4.80 Å². The molecule has 0 bridgehead atoms. The highest BCUT2D eigenvalue weighted by atomic mass is 32.1. The number of aryl methyl sites for hydroxylation is 1. The van der Waals surface area contributed by atoms with Crippen LogP contribution in [0.25, 0.3) is 6.08 Å². The van der Waals surface area contributed by atoms with Gasteiger partial charge in [0, 0.05) is 18.7 Å². The molecule has 4 rings (SSSR count). The Morgan fingerprint density at radius 3 is 2.37 bits per heavy atom. The van der Waals surface area contributed by atoms with Gasteiger partial charge in [0.1, 0.15) is 23.3 Å². The second kappa shape index (κ2) is 11.3. The minimum absolute atomic E-state index is 0.163. The number of nitrogens with zero attached hydrogens (tertiary/aromatic N) is 3. The third-order valence-electron chi connectivity index (χ3n) is 6.76. The molecule has 1 aliphatic rings. The number of benzene rings is 2. The van der Waals surface area contributed by atoms with Crippen molar-refractivity contribution in [3.8, 4) is 17.2 Å². The number of rotatable bonds is 8. The fraction of sp³-hybridized carbons (Fsp3) is 0.345. The summed E-state index contributed by atoms with van der Waals surface area (Å²) in [6.07, 6.45) is 1.83. The molecule has 1 aliphatic heterocycles. The smallest absolute Gasteiger partial charge is 0.271 e. The first kappa shape index (κ1) is 27.2. The number of carbonyl (C=O) groups excluding carboxylic acids is 1. The highest BCUT2D eigenvalue weighted by molar-refractivity contribution is 7.07. The van der Waals surface area contributed by atoms with Crippen LogP contribution < -0.4 is 29.1 Å². The van der Waals surface area contributed by atoms with Gasteiger partial charge in [-0.2, -0.15) is 0 Å². The van der Waals surface area contributed by atoms with Gasteiger partial charge in [0.2, 0.25) is 0 Å². The zero-order valence-corrected chi connectivity index (χ0v) is 23.6. The fourth-order valence-electron chi connectivity index (χ4n) is 4.70. The summed E-state index contributed by atoms with van der Waals surface area (Å²) in [5.74, 6) is 1.73. The summed E-state index contributed by atoms with van der Waals surface area (Å²) in [7, 11) is 4.77. The predicted octanol–water partition coefficient (Wildman–Crippen LogP) is 3.44. The summed E-state index contributed by atoms with van der Waals surface area (Å²) in [5.41, 5.74) is 3.27. The van der Waals surface area contributed by atoms with Crippen LogP contribution in [-0.4, -0.2) is 49.8 Å². The molecule has 0 fully saturated rings. The van der Waals surface area contributed by atoms with Crippen LogP contribution in [0.1, 0.15) is 43.5 Å². The monoisotopic (exact) mass is 535 g/mol. The average molecular weight is 536 g/mol. The highest BCUT2D eigenvalue weighted by Gasteiger charge is 2.36. The lowest BCUT2D eigenvalue weighted by Crippen LogP contribution is -2.43. The Hall–Kier alpha value is -3.85. The lowest BCUT2D eigenvalue weighted by atomic mass is 9.93. The van der Waals surface area contributed by atoms with Crippen molar-refractivity contribution in [2.45, 2.75) is 33.7 Å². The molecular weight excluding hydrogens is 502 g/mol. The van der Waals surface area contributed by atoms with Gasteiger partial charge >= 0.3 is 0 Å². The van der Waals surface area contributed by atoms with Crippen molar-refractivity contribution >= 4 is 23.3 Å². The maximum Gasteiger partial charge on any atom is 0.271 e. The number of fused-ring (bicyclic) bond motifs is 1. The standard InChI is InChI=1S/C29H33N3O5S/c1-8-31(9-2)28(34)25-18(4)30-29-32(26(25)21-16-20(35-5)12-13-22(21)36-6)27(33)24(38-29)15-19-11-10-17(3)23(14-19)37-7/h10-16,26H,8-9H2,1-7H3/b24-15+/t26-/m0/s1. The minimum Gasteiger partial charge on any atom is -0.497 e. The molecule has 0 unspecified atom stereocenters. The summed E-state index contributed by atoms with van der Waals surface area (Å²) in [4.78, 5) is 34.8. The molecule has 0 radical (unpaired) electrons. The summed E-state index contributed by atoms with van der Waals surface area (Å²) < 4.78 is 18.8. The Balaban J connectivity index is 2.02. The van der Waals surface area contributed by atoms with Crippen LogP contribution in [-0.2, 0) is 4.79 Å². The molecule has 8 nitrogen and oxygen atoms in total. The molecule has 200 valence electrons. The average Bonchev–Trinajstić information content (AvgIpc) is 3.22. The molecule has 2 heterocycles. The molecule has 0 spiro atoms. The van der Waals surface area contributed by atoms with Gasteiger partial charge in [0.05, 0.1) is 37.1 Å². The molecule has 2 aromatic carbocycles. The van der Waals surface area contributed by atoms with Crippen LogP contribution in [0.5, 0.6) is 17.2 Å². The Labute approximate surface area is 226 Å². The van der Waals surface area contributed by atoms with Crippen molar-refractivity contribution in [2.75, 3.05) is 34.4 Å². The summed E-state index contributed by atoms with van der Waals surface area (Å²) in [5, 5.41) is 0. The molecule has 1 amide bonds. The van der Waals surface area contributed by atoms with Crippen molar-refractivity contribution in [1.29, 1.82) is 0 Å². The van der Waals surface area contributed by atoms with Crippen molar-refractivity contribution in [3.63, 3.8) is 0 Å². The first-order valence-electron chi connectivity index (χ1n) is 12.5. The summed E-state index contributed by atoms with van der Waals surface area (Å²) in [6, 6.07) is 10.5. The van der Waals surface area contributed by atoms with E-state index in [0.29, 0.717) is 50.8 Å². The van der Waals surface area contributed by atoms with Crippen LogP contribution in [0.2, 0.25) is 0 Å². The van der Waals surface area contributed by atoms with Crippen molar-refractivity contribution in [3.05, 3.63) is 84.0 Å². The molecule has 0 saturated carbocycles. The van der Waals surface area contributed by atoms with Crippen LogP contribution in [0.4, 0.5) is 0 Å². The Morgan fingerprint density at radius 1 is 1.03 bits per heavy atom. The number of amides is 1. The quantitative estimate of drug-likeness (QED) is 0.442. The van der Waals surface area contributed by atoms with E-state index in [1.54, 1.807) is 42.9 Å². The van der Waals surface area contributed by atoms with E-state index >= 15 is 0 Å². The lowest BCUT2D eigenvalue weighted by molar-refractivity contribution is -0.127. The fourth-order valence-corrected chi connectivity index (χ4v) is 5.75. The lowest BCUT2D eigenvalue weighted by Gasteiger charge is -2.30. The zero-order valence-electron chi connectivity index (χ0n) is 22.8. The maximum atomic E-state index is 14.0. The van der Waals surface area contributed by atoms with E-state index in [4.69, 9.17) is 19.2 Å². The van der Waals surface area contributed by atoms with Gasteiger partial charge in [-0.15, -0.1) is 0 Å². The van der Waals surface area contributed by atoms with E-state index in [1.165, 1.54) is 11.3 Å². The molecule has 1 atom stereocenters. The molecular formula is C29H33N3O5S. The van der Waals surface area contributed by atoms with E-state index in [1.807, 2.05) is 58.0 Å². The number of allylic oxidation sites excluding steroid dienone is 1. The van der Waals surface area contributed by atoms with E-state index < -0.39 is 6.04 Å². The number of thiazole rings is 1. The summed E-state index contributed by atoms with van der Waals surface area (Å²) >= 11 is 1.29. The number of aromatic nitrogens is 1. The van der Waals surface area contributed by atoms with Crippen molar-refractivity contribution in [1.82, 2.24) is 9.47 Å². The van der Waals surface area contributed by atoms with Gasteiger partial charge in [-0.3, -0.25) is 14.2 Å². The molecule has 0 N–H and O–H groups in total. The number of hydrogen-bond donors (Lipinski definition) is 0. The topological polar surface area (TPSA) is 82.4 Å². The van der Waals surface area contributed by atoms with E-state index in [0.717, 1.165) is 16.9 Å². The van der Waals surface area contributed by atoms with Crippen molar-refractivity contribution in [2.24, 2.45) is 4.99 Å². The number of methoxy groups -OCH3 is 3. The van der Waals surface area contributed by atoms with E-state index in [-0.39, 0.29) is 11.5 Å². The largest absolute Gasteiger partial charge is 0.497 e. The second-order valence-electron chi connectivity index (χ2n) is 8.90. The van der Waals surface area contributed by atoms with Crippen LogP contribution in [0, 0.1) is 6.92 Å². The van der Waals surface area contributed by atoms with E-state index in [2.05, 4.69) is 0 Å². The number of carbonyl (C=O) groups is 1. The normalized spacial score (nSPS) is 15.1. The second-order valence-corrected chi connectivity index (χ2v) is 9.91. The van der Waals surface area contributed by atoms with Gasteiger partial charge < -0.3 is 19.1 Å². The third-order valence-corrected chi connectivity index (χ3v) is 7.75. The molecule has 38 heavy (non-hydrogen) atoms. The van der Waals surface area contributed by atoms with Gasteiger partial charge in [-0.25, -0.2) is 4.99 Å². The van der Waals surface area contributed by atoms with Gasteiger partial charge in [0.25, 0.3) is 11.5 Å². The first-order valence-corrected chi connectivity index (χ1v) is 13.3. The molecule has 0 aliphatic carbocycles.